The number of rotatable bonds is 3. The van der Waals surface area contributed by atoms with Crippen LogP contribution >= 0.6 is 0 Å². The summed E-state index contributed by atoms with van der Waals surface area (Å²) < 4.78 is 1.62. The van der Waals surface area contributed by atoms with E-state index in [9.17, 15) is 9.59 Å². The number of hydrogen-bond acceptors (Lipinski definition) is 4. The van der Waals surface area contributed by atoms with Gasteiger partial charge in [-0.05, 0) is 25.0 Å². The summed E-state index contributed by atoms with van der Waals surface area (Å²) in [6.07, 6.45) is 5.14. The van der Waals surface area contributed by atoms with Gasteiger partial charge in [0.15, 0.2) is 0 Å². The maximum atomic E-state index is 12.5. The van der Waals surface area contributed by atoms with Crippen molar-refractivity contribution in [3.05, 3.63) is 47.5 Å². The minimum Gasteiger partial charge on any atom is -0.364 e. The van der Waals surface area contributed by atoms with Crippen LogP contribution in [0, 0.1) is 0 Å². The van der Waals surface area contributed by atoms with Gasteiger partial charge in [0.1, 0.15) is 5.69 Å². The minimum absolute atomic E-state index is 0.0196. The molecule has 1 atom stereocenters. The number of aromatic nitrogens is 3. The van der Waals surface area contributed by atoms with E-state index < -0.39 is 5.91 Å². The van der Waals surface area contributed by atoms with E-state index in [0.29, 0.717) is 12.1 Å². The lowest BCUT2D eigenvalue weighted by Gasteiger charge is -2.32. The number of carbonyl (C=O) groups excluding carboxylic acids is 2. The van der Waals surface area contributed by atoms with Gasteiger partial charge in [-0.15, -0.1) is 0 Å². The van der Waals surface area contributed by atoms with Gasteiger partial charge in [0, 0.05) is 37.9 Å². The molecule has 0 bridgehead atoms. The molecular formula is C16H19N5O2. The maximum absolute atomic E-state index is 12.5. The van der Waals surface area contributed by atoms with Crippen LogP contribution in [-0.4, -0.2) is 44.6 Å². The van der Waals surface area contributed by atoms with E-state index in [1.54, 1.807) is 36.3 Å². The van der Waals surface area contributed by atoms with Gasteiger partial charge in [-0.1, -0.05) is 6.07 Å². The fourth-order valence-electron chi connectivity index (χ4n) is 2.93. The van der Waals surface area contributed by atoms with Crippen LogP contribution in [0.4, 0.5) is 0 Å². The van der Waals surface area contributed by atoms with E-state index in [0.717, 1.165) is 25.1 Å². The predicted octanol–water partition coefficient (Wildman–Crippen LogP) is 0.934. The molecule has 3 heterocycles. The molecule has 1 unspecified atom stereocenters. The summed E-state index contributed by atoms with van der Waals surface area (Å²) >= 11 is 0. The summed E-state index contributed by atoms with van der Waals surface area (Å²) in [6, 6.07) is 5.27. The van der Waals surface area contributed by atoms with Crippen LogP contribution in [0.3, 0.4) is 0 Å². The zero-order chi connectivity index (χ0) is 16.4. The molecular weight excluding hydrogens is 294 g/mol. The topological polar surface area (TPSA) is 94.1 Å². The molecule has 0 aromatic carbocycles. The normalized spacial score (nSPS) is 18.0. The highest BCUT2D eigenvalue weighted by Crippen LogP contribution is 2.26. The number of nitrogens with two attached hydrogens (primary N) is 1. The Bertz CT molecular complexity index is 740. The Kier molecular flexibility index (Phi) is 4.10. The molecule has 120 valence electrons. The fourth-order valence-corrected chi connectivity index (χ4v) is 2.93. The van der Waals surface area contributed by atoms with Gasteiger partial charge in [0.2, 0.25) is 0 Å². The first kappa shape index (κ1) is 15.2. The third-order valence-corrected chi connectivity index (χ3v) is 4.10. The van der Waals surface area contributed by atoms with E-state index in [2.05, 4.69) is 10.1 Å². The first-order valence-electron chi connectivity index (χ1n) is 7.59. The van der Waals surface area contributed by atoms with Crippen molar-refractivity contribution < 1.29 is 9.59 Å². The van der Waals surface area contributed by atoms with Gasteiger partial charge >= 0.3 is 0 Å². The van der Waals surface area contributed by atoms with Gasteiger partial charge in [0.25, 0.3) is 11.8 Å². The minimum atomic E-state index is -0.536. The predicted molar refractivity (Wildman–Crippen MR) is 83.8 cm³/mol. The molecule has 0 radical (unpaired) electrons. The van der Waals surface area contributed by atoms with Crippen LogP contribution in [0.15, 0.2) is 30.6 Å². The summed E-state index contributed by atoms with van der Waals surface area (Å²) in [6.45, 7) is 1.31. The average molecular weight is 313 g/mol. The lowest BCUT2D eigenvalue weighted by atomic mass is 9.93. The Morgan fingerprint density at radius 2 is 2.17 bits per heavy atom. The van der Waals surface area contributed by atoms with Gasteiger partial charge in [0.05, 0.1) is 11.8 Å². The summed E-state index contributed by atoms with van der Waals surface area (Å²) in [5, 5.41) is 4.05. The van der Waals surface area contributed by atoms with Crippen LogP contribution in [-0.2, 0) is 7.05 Å². The van der Waals surface area contributed by atoms with E-state index in [-0.39, 0.29) is 17.5 Å². The number of primary amides is 1. The van der Waals surface area contributed by atoms with Gasteiger partial charge in [-0.3, -0.25) is 14.3 Å². The van der Waals surface area contributed by atoms with Crippen LogP contribution in [0.1, 0.15) is 45.3 Å². The second-order valence-electron chi connectivity index (χ2n) is 5.80. The number of amides is 2. The van der Waals surface area contributed by atoms with Gasteiger partial charge < -0.3 is 10.6 Å². The van der Waals surface area contributed by atoms with Crippen molar-refractivity contribution in [2.75, 3.05) is 13.1 Å². The monoisotopic (exact) mass is 313 g/mol. The van der Waals surface area contributed by atoms with E-state index in [1.807, 2.05) is 11.0 Å². The molecule has 7 heteroatoms. The summed E-state index contributed by atoms with van der Waals surface area (Å²) in [7, 11) is 1.79. The van der Waals surface area contributed by atoms with E-state index in [1.165, 1.54) is 0 Å². The highest BCUT2D eigenvalue weighted by molar-refractivity contribution is 5.94. The van der Waals surface area contributed by atoms with Crippen LogP contribution < -0.4 is 5.73 Å². The van der Waals surface area contributed by atoms with Crippen molar-refractivity contribution in [2.24, 2.45) is 12.8 Å². The summed E-state index contributed by atoms with van der Waals surface area (Å²) in [5.74, 6) is -0.441. The number of nitrogens with zero attached hydrogens (tertiary/aromatic N) is 4. The Balaban J connectivity index is 1.77. The molecule has 1 fully saturated rings. The number of likely N-dealkylation sites (tertiary alicyclic amines) is 1. The number of aryl methyl sites for hydroxylation is 1. The Morgan fingerprint density at radius 3 is 2.87 bits per heavy atom. The van der Waals surface area contributed by atoms with Crippen molar-refractivity contribution in [2.45, 2.75) is 18.8 Å². The van der Waals surface area contributed by atoms with Gasteiger partial charge in [-0.25, -0.2) is 4.98 Å². The lowest BCUT2D eigenvalue weighted by Crippen LogP contribution is -2.39. The molecule has 23 heavy (non-hydrogen) atoms. The van der Waals surface area contributed by atoms with Crippen LogP contribution in [0.2, 0.25) is 0 Å². The van der Waals surface area contributed by atoms with E-state index >= 15 is 0 Å². The molecule has 0 spiro atoms. The van der Waals surface area contributed by atoms with Crippen LogP contribution in [0.25, 0.3) is 0 Å². The van der Waals surface area contributed by atoms with Crippen molar-refractivity contribution in [1.82, 2.24) is 19.7 Å². The molecule has 1 aliphatic rings. The maximum Gasteiger partial charge on any atom is 0.267 e. The zero-order valence-corrected chi connectivity index (χ0v) is 13.0. The van der Waals surface area contributed by atoms with Gasteiger partial charge in [-0.2, -0.15) is 5.10 Å². The molecule has 7 nitrogen and oxygen atoms in total. The first-order valence-corrected chi connectivity index (χ1v) is 7.59. The second kappa shape index (κ2) is 6.20. The number of piperidine rings is 1. The number of pyridine rings is 1. The lowest BCUT2D eigenvalue weighted by molar-refractivity contribution is 0.0705. The van der Waals surface area contributed by atoms with Crippen molar-refractivity contribution in [3.63, 3.8) is 0 Å². The highest BCUT2D eigenvalue weighted by atomic mass is 16.2. The summed E-state index contributed by atoms with van der Waals surface area (Å²) in [5.41, 5.74) is 6.95. The second-order valence-corrected chi connectivity index (χ2v) is 5.80. The number of hydrogen-bond donors (Lipinski definition) is 1. The third kappa shape index (κ3) is 3.23. The molecule has 0 saturated carbocycles. The largest absolute Gasteiger partial charge is 0.364 e. The molecule has 0 aliphatic carbocycles. The van der Waals surface area contributed by atoms with Crippen LogP contribution in [0.5, 0.6) is 0 Å². The average Bonchev–Trinajstić information content (AvgIpc) is 3.01. The smallest absolute Gasteiger partial charge is 0.267 e. The Hall–Kier alpha value is -2.70. The van der Waals surface area contributed by atoms with Crippen molar-refractivity contribution >= 4 is 11.8 Å². The quantitative estimate of drug-likeness (QED) is 0.912. The molecule has 2 N–H and O–H groups in total. The standard InChI is InChI=1S/C16H19N5O2/c1-20-9-12(8-18-20)16(23)21-7-3-4-11(10-21)13-5-2-6-14(19-13)15(17)22/h2,5-6,8-9,11H,3-4,7,10H2,1H3,(H2,17,22). The Morgan fingerprint density at radius 1 is 1.35 bits per heavy atom. The molecule has 2 aromatic heterocycles. The molecule has 3 rings (SSSR count). The molecule has 2 aromatic rings. The Labute approximate surface area is 134 Å². The number of carbonyl (C=O) groups is 2. The first-order chi connectivity index (χ1) is 11.0. The van der Waals surface area contributed by atoms with Crippen molar-refractivity contribution in [1.29, 1.82) is 0 Å². The highest BCUT2D eigenvalue weighted by Gasteiger charge is 2.27. The molecule has 1 aliphatic heterocycles. The summed E-state index contributed by atoms with van der Waals surface area (Å²) in [4.78, 5) is 30.0. The van der Waals surface area contributed by atoms with Crippen molar-refractivity contribution in [3.8, 4) is 0 Å². The fraction of sp³-hybridized carbons (Fsp3) is 0.375. The molecule has 2 amide bonds. The molecule has 1 saturated heterocycles. The third-order valence-electron chi connectivity index (χ3n) is 4.10. The van der Waals surface area contributed by atoms with E-state index in [4.69, 9.17) is 5.73 Å². The zero-order valence-electron chi connectivity index (χ0n) is 13.0. The SMILES string of the molecule is Cn1cc(C(=O)N2CCCC(c3cccc(C(N)=O)n3)C2)cn1.